The summed E-state index contributed by atoms with van der Waals surface area (Å²) in [6.07, 6.45) is -2.57. The molecular weight excluding hydrogens is 168 g/mol. The van der Waals surface area contributed by atoms with Crippen LogP contribution in [0, 0.1) is 0 Å². The number of nitrogens with one attached hydrogen (secondary N) is 2. The minimum Gasteiger partial charge on any atom is -0.465 e. The Labute approximate surface area is 68.0 Å². The fourth-order valence-electron chi connectivity index (χ4n) is 0.546. The SMILES string of the molecule is O=C(O)NC[C@H](CO)NC(=O)O. The maximum absolute atomic E-state index is 10.0. The van der Waals surface area contributed by atoms with E-state index in [2.05, 4.69) is 0 Å². The van der Waals surface area contributed by atoms with E-state index in [0.29, 0.717) is 0 Å². The molecule has 70 valence electrons. The molecule has 0 rings (SSSR count). The van der Waals surface area contributed by atoms with E-state index in [4.69, 9.17) is 15.3 Å². The number of aliphatic hydroxyl groups excluding tert-OH is 1. The third-order valence-corrected chi connectivity index (χ3v) is 1.05. The van der Waals surface area contributed by atoms with Crippen LogP contribution >= 0.6 is 0 Å². The van der Waals surface area contributed by atoms with Gasteiger partial charge in [-0.15, -0.1) is 0 Å². The van der Waals surface area contributed by atoms with E-state index < -0.39 is 24.8 Å². The van der Waals surface area contributed by atoms with E-state index in [9.17, 15) is 9.59 Å². The van der Waals surface area contributed by atoms with Crippen LogP contribution < -0.4 is 10.6 Å². The molecular formula is C5H10N2O5. The van der Waals surface area contributed by atoms with Gasteiger partial charge in [-0.25, -0.2) is 9.59 Å². The van der Waals surface area contributed by atoms with Crippen LogP contribution in [0.2, 0.25) is 0 Å². The molecule has 0 saturated carbocycles. The van der Waals surface area contributed by atoms with E-state index in [-0.39, 0.29) is 6.54 Å². The Morgan fingerprint density at radius 1 is 1.25 bits per heavy atom. The lowest BCUT2D eigenvalue weighted by atomic mass is 10.3. The molecule has 7 heteroatoms. The molecule has 0 heterocycles. The fourth-order valence-corrected chi connectivity index (χ4v) is 0.546. The van der Waals surface area contributed by atoms with Gasteiger partial charge in [-0.1, -0.05) is 0 Å². The number of hydrogen-bond donors (Lipinski definition) is 5. The highest BCUT2D eigenvalue weighted by atomic mass is 16.4. The summed E-state index contributed by atoms with van der Waals surface area (Å²) < 4.78 is 0. The Morgan fingerprint density at radius 3 is 2.17 bits per heavy atom. The zero-order valence-electron chi connectivity index (χ0n) is 6.15. The Kier molecular flexibility index (Phi) is 4.54. The normalized spacial score (nSPS) is 11.8. The first-order valence-electron chi connectivity index (χ1n) is 3.13. The molecule has 0 spiro atoms. The van der Waals surface area contributed by atoms with Crippen molar-refractivity contribution in [3.05, 3.63) is 0 Å². The molecule has 7 nitrogen and oxygen atoms in total. The highest BCUT2D eigenvalue weighted by Crippen LogP contribution is 1.79. The number of carbonyl (C=O) groups is 2. The lowest BCUT2D eigenvalue weighted by Crippen LogP contribution is -2.45. The van der Waals surface area contributed by atoms with Crippen LogP contribution in [0.4, 0.5) is 9.59 Å². The van der Waals surface area contributed by atoms with Gasteiger partial charge >= 0.3 is 12.2 Å². The van der Waals surface area contributed by atoms with Gasteiger partial charge in [0.15, 0.2) is 0 Å². The molecule has 0 aliphatic heterocycles. The Hall–Kier alpha value is -1.50. The third-order valence-electron chi connectivity index (χ3n) is 1.05. The summed E-state index contributed by atoms with van der Waals surface area (Å²) in [5, 5.41) is 28.7. The standard InChI is InChI=1S/C5H10N2O5/c8-2-3(7-5(11)12)1-6-4(9)10/h3,6-8H,1-2H2,(H,9,10)(H,11,12)/t3-/m1/s1. The van der Waals surface area contributed by atoms with E-state index in [0.717, 1.165) is 0 Å². The number of aliphatic hydroxyl groups is 1. The third kappa shape index (κ3) is 5.30. The van der Waals surface area contributed by atoms with Crippen LogP contribution in [-0.2, 0) is 0 Å². The first kappa shape index (κ1) is 10.5. The van der Waals surface area contributed by atoms with Crippen molar-refractivity contribution in [1.29, 1.82) is 0 Å². The smallest absolute Gasteiger partial charge is 0.405 e. The van der Waals surface area contributed by atoms with Gasteiger partial charge < -0.3 is 26.0 Å². The van der Waals surface area contributed by atoms with Crippen molar-refractivity contribution in [2.45, 2.75) is 6.04 Å². The number of rotatable bonds is 4. The molecule has 0 unspecified atom stereocenters. The second kappa shape index (κ2) is 5.19. The molecule has 2 amide bonds. The molecule has 0 saturated heterocycles. The number of hydrogen-bond acceptors (Lipinski definition) is 3. The summed E-state index contributed by atoms with van der Waals surface area (Å²) in [6, 6.07) is -0.807. The lowest BCUT2D eigenvalue weighted by Gasteiger charge is -2.12. The van der Waals surface area contributed by atoms with Gasteiger partial charge in [0.25, 0.3) is 0 Å². The quantitative estimate of drug-likeness (QED) is 0.373. The molecule has 0 radical (unpaired) electrons. The summed E-state index contributed by atoms with van der Waals surface area (Å²) in [5.41, 5.74) is 0. The van der Waals surface area contributed by atoms with E-state index in [1.165, 1.54) is 0 Å². The van der Waals surface area contributed by atoms with Crippen molar-refractivity contribution in [3.63, 3.8) is 0 Å². The number of amides is 2. The maximum atomic E-state index is 10.0. The van der Waals surface area contributed by atoms with Crippen molar-refractivity contribution in [3.8, 4) is 0 Å². The highest BCUT2D eigenvalue weighted by molar-refractivity contribution is 5.66. The Bertz CT molecular complexity index is 171. The van der Waals surface area contributed by atoms with Crippen molar-refractivity contribution in [2.75, 3.05) is 13.2 Å². The molecule has 12 heavy (non-hydrogen) atoms. The van der Waals surface area contributed by atoms with E-state index in [1.807, 2.05) is 10.6 Å². The monoisotopic (exact) mass is 178 g/mol. The maximum Gasteiger partial charge on any atom is 0.405 e. The second-order valence-electron chi connectivity index (χ2n) is 2.02. The largest absolute Gasteiger partial charge is 0.465 e. The predicted molar refractivity (Wildman–Crippen MR) is 38.1 cm³/mol. The van der Waals surface area contributed by atoms with Crippen molar-refractivity contribution < 1.29 is 24.9 Å². The van der Waals surface area contributed by atoms with Gasteiger partial charge in [0, 0.05) is 6.54 Å². The summed E-state index contributed by atoms with van der Waals surface area (Å²) in [4.78, 5) is 20.0. The minimum atomic E-state index is -1.30. The van der Waals surface area contributed by atoms with Crippen LogP contribution in [0.25, 0.3) is 0 Å². The van der Waals surface area contributed by atoms with E-state index >= 15 is 0 Å². The summed E-state index contributed by atoms with van der Waals surface area (Å²) in [7, 11) is 0. The predicted octanol–water partition coefficient (Wildman–Crippen LogP) is -1.12. The molecule has 0 aromatic rings. The van der Waals surface area contributed by atoms with Crippen molar-refractivity contribution in [2.24, 2.45) is 0 Å². The van der Waals surface area contributed by atoms with Gasteiger partial charge in [-0.2, -0.15) is 0 Å². The van der Waals surface area contributed by atoms with Gasteiger partial charge in [-0.3, -0.25) is 0 Å². The fraction of sp³-hybridized carbons (Fsp3) is 0.600. The first-order chi connectivity index (χ1) is 5.56. The van der Waals surface area contributed by atoms with Crippen LogP contribution in [0.3, 0.4) is 0 Å². The molecule has 0 bridgehead atoms. The van der Waals surface area contributed by atoms with Crippen LogP contribution in [0.5, 0.6) is 0 Å². The van der Waals surface area contributed by atoms with Crippen LogP contribution in [-0.4, -0.2) is 46.7 Å². The Morgan fingerprint density at radius 2 is 1.83 bits per heavy atom. The minimum absolute atomic E-state index is 0.155. The summed E-state index contributed by atoms with van der Waals surface area (Å²) in [6.45, 7) is -0.606. The van der Waals surface area contributed by atoms with Crippen molar-refractivity contribution in [1.82, 2.24) is 10.6 Å². The van der Waals surface area contributed by atoms with Gasteiger partial charge in [0.2, 0.25) is 0 Å². The average molecular weight is 178 g/mol. The summed E-state index contributed by atoms with van der Waals surface area (Å²) >= 11 is 0. The van der Waals surface area contributed by atoms with E-state index in [1.54, 1.807) is 0 Å². The molecule has 0 aromatic heterocycles. The van der Waals surface area contributed by atoms with Gasteiger partial charge in [0.1, 0.15) is 0 Å². The second-order valence-corrected chi connectivity index (χ2v) is 2.02. The highest BCUT2D eigenvalue weighted by Gasteiger charge is 2.10. The topological polar surface area (TPSA) is 119 Å². The van der Waals surface area contributed by atoms with Gasteiger partial charge in [-0.05, 0) is 0 Å². The molecule has 0 aliphatic carbocycles. The summed E-state index contributed by atoms with van der Waals surface area (Å²) in [5.74, 6) is 0. The lowest BCUT2D eigenvalue weighted by molar-refractivity contribution is 0.171. The molecule has 0 aliphatic rings. The number of carboxylic acid groups (broad SMARTS) is 2. The molecule has 0 fully saturated rings. The van der Waals surface area contributed by atoms with Crippen molar-refractivity contribution >= 4 is 12.2 Å². The first-order valence-corrected chi connectivity index (χ1v) is 3.13. The zero-order chi connectivity index (χ0) is 9.56. The average Bonchev–Trinajstić information content (AvgIpc) is 1.97. The van der Waals surface area contributed by atoms with Crippen LogP contribution in [0.1, 0.15) is 0 Å². The Balaban J connectivity index is 3.67. The molecule has 0 aromatic carbocycles. The zero-order valence-corrected chi connectivity index (χ0v) is 6.15. The van der Waals surface area contributed by atoms with Gasteiger partial charge in [0.05, 0.1) is 12.6 Å². The van der Waals surface area contributed by atoms with Crippen LogP contribution in [0.15, 0.2) is 0 Å². The molecule has 5 N–H and O–H groups in total. The molecule has 1 atom stereocenters.